The van der Waals surface area contributed by atoms with Gasteiger partial charge in [-0.2, -0.15) is 0 Å². The van der Waals surface area contributed by atoms with Crippen LogP contribution in [0, 0.1) is 0 Å². The summed E-state index contributed by atoms with van der Waals surface area (Å²) in [5.41, 5.74) is 2.49. The van der Waals surface area contributed by atoms with E-state index in [1.165, 1.54) is 0 Å². The Morgan fingerprint density at radius 1 is 1.00 bits per heavy atom. The van der Waals surface area contributed by atoms with Crippen molar-refractivity contribution in [2.45, 2.75) is 45.8 Å². The van der Waals surface area contributed by atoms with Crippen LogP contribution in [0.5, 0.6) is 11.5 Å². The minimum Gasteiger partial charge on any atom is -0.544 e. The molecular weight excluding hydrogens is 342 g/mol. The summed E-state index contributed by atoms with van der Waals surface area (Å²) in [6.07, 6.45) is 0. The third-order valence-corrected chi connectivity index (χ3v) is 9.31. The largest absolute Gasteiger partial charge is 0.544 e. The number of oxazole rings is 1. The Kier molecular flexibility index (Phi) is 4.84. The lowest BCUT2D eigenvalue weighted by Crippen LogP contribution is -2.43. The Bertz CT molecular complexity index is 892. The first-order valence-electron chi connectivity index (χ1n) is 9.02. The quantitative estimate of drug-likeness (QED) is 0.497. The second kappa shape index (κ2) is 6.80. The van der Waals surface area contributed by atoms with Crippen LogP contribution in [0.25, 0.3) is 22.6 Å². The van der Waals surface area contributed by atoms with E-state index in [-0.39, 0.29) is 5.04 Å². The van der Waals surface area contributed by atoms with Crippen LogP contribution in [0.15, 0.2) is 46.9 Å². The Morgan fingerprint density at radius 2 is 1.65 bits per heavy atom. The van der Waals surface area contributed by atoms with Crippen LogP contribution >= 0.6 is 0 Å². The Morgan fingerprint density at radius 3 is 2.27 bits per heavy atom. The fourth-order valence-electron chi connectivity index (χ4n) is 2.40. The van der Waals surface area contributed by atoms with E-state index >= 15 is 0 Å². The number of nitrogens with zero attached hydrogens (tertiary/aromatic N) is 1. The van der Waals surface area contributed by atoms with Crippen LogP contribution in [0.3, 0.4) is 0 Å². The average molecular weight is 370 g/mol. The van der Waals surface area contributed by atoms with E-state index in [4.69, 9.17) is 13.6 Å². The third kappa shape index (κ3) is 3.77. The van der Waals surface area contributed by atoms with Gasteiger partial charge in [-0.25, -0.2) is 4.98 Å². The van der Waals surface area contributed by atoms with Crippen LogP contribution < -0.4 is 9.16 Å². The second-order valence-electron chi connectivity index (χ2n) is 7.97. The van der Waals surface area contributed by atoms with Crippen LogP contribution in [0.4, 0.5) is 0 Å². The Balaban J connectivity index is 1.83. The summed E-state index contributed by atoms with van der Waals surface area (Å²) < 4.78 is 17.8. The first-order valence-corrected chi connectivity index (χ1v) is 11.9. The lowest BCUT2D eigenvalue weighted by Gasteiger charge is -2.36. The number of benzene rings is 2. The number of rotatable bonds is 5. The van der Waals surface area contributed by atoms with Crippen molar-refractivity contribution >= 4 is 19.4 Å². The van der Waals surface area contributed by atoms with Crippen molar-refractivity contribution < 1.29 is 13.6 Å². The Labute approximate surface area is 156 Å². The molecule has 138 valence electrons. The topological polar surface area (TPSA) is 44.5 Å². The fraction of sp³-hybridized carbons (Fsp3) is 0.381. The van der Waals surface area contributed by atoms with Gasteiger partial charge in [0, 0.05) is 11.6 Å². The van der Waals surface area contributed by atoms with Crippen molar-refractivity contribution in [2.75, 3.05) is 6.61 Å². The highest BCUT2D eigenvalue weighted by atomic mass is 28.4. The molecule has 1 heterocycles. The maximum atomic E-state index is 6.33. The Hall–Kier alpha value is -2.27. The van der Waals surface area contributed by atoms with Crippen LogP contribution in [-0.2, 0) is 0 Å². The van der Waals surface area contributed by atoms with E-state index < -0.39 is 8.32 Å². The van der Waals surface area contributed by atoms with Gasteiger partial charge in [-0.15, -0.1) is 0 Å². The molecule has 26 heavy (non-hydrogen) atoms. The van der Waals surface area contributed by atoms with E-state index in [1.54, 1.807) is 0 Å². The molecule has 0 bridgehead atoms. The summed E-state index contributed by atoms with van der Waals surface area (Å²) >= 11 is 0. The van der Waals surface area contributed by atoms with Crippen LogP contribution in [0.1, 0.15) is 27.7 Å². The fourth-order valence-corrected chi connectivity index (χ4v) is 3.43. The monoisotopic (exact) mass is 369 g/mol. The zero-order chi connectivity index (χ0) is 18.9. The molecule has 0 aliphatic rings. The first-order chi connectivity index (χ1) is 12.2. The molecule has 0 radical (unpaired) electrons. The first kappa shape index (κ1) is 18.5. The van der Waals surface area contributed by atoms with Crippen molar-refractivity contribution in [1.82, 2.24) is 4.98 Å². The molecule has 0 aliphatic carbocycles. The number of hydrogen-bond donors (Lipinski definition) is 0. The van der Waals surface area contributed by atoms with E-state index in [0.717, 1.165) is 28.2 Å². The molecule has 1 aromatic heterocycles. The zero-order valence-corrected chi connectivity index (χ0v) is 17.4. The third-order valence-electron chi connectivity index (χ3n) is 4.95. The predicted molar refractivity (Wildman–Crippen MR) is 108 cm³/mol. The van der Waals surface area contributed by atoms with E-state index in [2.05, 4.69) is 38.8 Å². The lowest BCUT2D eigenvalue weighted by molar-refractivity contribution is 0.340. The maximum absolute atomic E-state index is 6.33. The van der Waals surface area contributed by atoms with Gasteiger partial charge in [0.1, 0.15) is 17.0 Å². The highest BCUT2D eigenvalue weighted by Gasteiger charge is 2.38. The van der Waals surface area contributed by atoms with Crippen molar-refractivity contribution in [1.29, 1.82) is 0 Å². The number of hydrogen-bond acceptors (Lipinski definition) is 4. The van der Waals surface area contributed by atoms with Gasteiger partial charge in [0.2, 0.25) is 14.2 Å². The number of aromatic nitrogens is 1. The average Bonchev–Trinajstić information content (AvgIpc) is 2.97. The van der Waals surface area contributed by atoms with E-state index in [9.17, 15) is 0 Å². The summed E-state index contributed by atoms with van der Waals surface area (Å²) in [5, 5.41) is 0.171. The standard InChI is InChI=1S/C21H27NO3Si/c1-7-23-17-12-13-18-19(14-17)24-20(22-18)15-8-10-16(11-9-15)25-26(5,6)21(2,3)4/h8-14H,7H2,1-6H3. The molecule has 0 N–H and O–H groups in total. The van der Waals surface area contributed by atoms with E-state index in [1.807, 2.05) is 49.4 Å². The van der Waals surface area contributed by atoms with Crippen LogP contribution in [0.2, 0.25) is 18.1 Å². The van der Waals surface area contributed by atoms with E-state index in [0.29, 0.717) is 12.5 Å². The highest BCUT2D eigenvalue weighted by Crippen LogP contribution is 2.37. The molecule has 0 amide bonds. The molecule has 0 atom stereocenters. The normalized spacial score (nSPS) is 12.4. The predicted octanol–water partition coefficient (Wildman–Crippen LogP) is 6.28. The van der Waals surface area contributed by atoms with Gasteiger partial charge in [-0.05, 0) is 61.5 Å². The number of fused-ring (bicyclic) bond motifs is 1. The summed E-state index contributed by atoms with van der Waals surface area (Å²) in [6, 6.07) is 13.7. The molecule has 0 saturated heterocycles. The summed E-state index contributed by atoms with van der Waals surface area (Å²) in [6.45, 7) is 13.8. The highest BCUT2D eigenvalue weighted by molar-refractivity contribution is 6.74. The molecule has 0 aliphatic heterocycles. The maximum Gasteiger partial charge on any atom is 0.250 e. The lowest BCUT2D eigenvalue weighted by atomic mass is 10.2. The molecule has 3 aromatic rings. The van der Waals surface area contributed by atoms with Crippen molar-refractivity contribution in [3.63, 3.8) is 0 Å². The summed E-state index contributed by atoms with van der Waals surface area (Å²) in [4.78, 5) is 4.57. The number of ether oxygens (including phenoxy) is 1. The van der Waals surface area contributed by atoms with Crippen LogP contribution in [-0.4, -0.2) is 19.9 Å². The molecule has 5 heteroatoms. The van der Waals surface area contributed by atoms with Crippen molar-refractivity contribution in [3.8, 4) is 23.0 Å². The smallest absolute Gasteiger partial charge is 0.250 e. The van der Waals surface area contributed by atoms with Crippen molar-refractivity contribution in [3.05, 3.63) is 42.5 Å². The van der Waals surface area contributed by atoms with Crippen molar-refractivity contribution in [2.24, 2.45) is 0 Å². The van der Waals surface area contributed by atoms with Gasteiger partial charge >= 0.3 is 0 Å². The second-order valence-corrected chi connectivity index (χ2v) is 12.7. The zero-order valence-electron chi connectivity index (χ0n) is 16.4. The van der Waals surface area contributed by atoms with Gasteiger partial charge in [-0.1, -0.05) is 20.8 Å². The van der Waals surface area contributed by atoms with Gasteiger partial charge in [0.25, 0.3) is 0 Å². The van der Waals surface area contributed by atoms with Gasteiger partial charge in [0.05, 0.1) is 6.61 Å². The SMILES string of the molecule is CCOc1ccc2nc(-c3ccc(O[Si](C)(C)C(C)(C)C)cc3)oc2c1. The van der Waals surface area contributed by atoms with Gasteiger partial charge in [0.15, 0.2) is 5.58 Å². The molecule has 0 unspecified atom stereocenters. The molecule has 0 spiro atoms. The minimum atomic E-state index is -1.84. The molecule has 4 nitrogen and oxygen atoms in total. The molecule has 2 aromatic carbocycles. The molecule has 0 fully saturated rings. The molecule has 0 saturated carbocycles. The molecule has 3 rings (SSSR count). The summed E-state index contributed by atoms with van der Waals surface area (Å²) in [5.74, 6) is 2.29. The molecular formula is C21H27NO3Si. The van der Waals surface area contributed by atoms with Gasteiger partial charge < -0.3 is 13.6 Å². The summed E-state index contributed by atoms with van der Waals surface area (Å²) in [7, 11) is -1.84. The minimum absolute atomic E-state index is 0.171. The van der Waals surface area contributed by atoms with Gasteiger partial charge in [-0.3, -0.25) is 0 Å².